The number of nitrogens with zero attached hydrogens (tertiary/aromatic N) is 2. The molecule has 3 nitrogen and oxygen atoms in total. The zero-order valence-electron chi connectivity index (χ0n) is 9.14. The highest BCUT2D eigenvalue weighted by Crippen LogP contribution is 2.17. The normalized spacial score (nSPS) is 11.5. The van der Waals surface area contributed by atoms with Crippen LogP contribution in [0.5, 0.6) is 0 Å². The molecule has 0 saturated heterocycles. The molecule has 1 aromatic carbocycles. The van der Waals surface area contributed by atoms with E-state index in [2.05, 4.69) is 23.4 Å². The summed E-state index contributed by atoms with van der Waals surface area (Å²) in [6.07, 6.45) is 0. The Morgan fingerprint density at radius 3 is 2.73 bits per heavy atom. The minimum atomic E-state index is 0.00139. The molecule has 0 radical (unpaired) electrons. The Labute approximate surface area is 89.4 Å². The van der Waals surface area contributed by atoms with Crippen molar-refractivity contribution in [3.8, 4) is 0 Å². The molecule has 0 atom stereocenters. The van der Waals surface area contributed by atoms with Gasteiger partial charge in [-0.25, -0.2) is 4.98 Å². The summed E-state index contributed by atoms with van der Waals surface area (Å²) in [4.78, 5) is 4.40. The molecule has 2 aromatic rings. The third-order valence-electron chi connectivity index (χ3n) is 2.42. The van der Waals surface area contributed by atoms with Crippen LogP contribution in [-0.2, 0) is 13.2 Å². The zero-order valence-corrected chi connectivity index (χ0v) is 9.14. The maximum Gasteiger partial charge on any atom is 0.135 e. The second-order valence-electron chi connectivity index (χ2n) is 4.18. The van der Waals surface area contributed by atoms with Gasteiger partial charge in [0.25, 0.3) is 0 Å². The molecule has 0 fully saturated rings. The fraction of sp³-hybridized carbons (Fsp3) is 0.417. The molecular formula is C12H16N2O. The van der Waals surface area contributed by atoms with E-state index in [0.29, 0.717) is 5.92 Å². The summed E-state index contributed by atoms with van der Waals surface area (Å²) in [6, 6.07) is 7.99. The van der Waals surface area contributed by atoms with Crippen molar-refractivity contribution < 1.29 is 5.11 Å². The number of hydrogen-bond acceptors (Lipinski definition) is 2. The Kier molecular flexibility index (Phi) is 2.73. The summed E-state index contributed by atoms with van der Waals surface area (Å²) in [7, 11) is 0. The first-order valence-electron chi connectivity index (χ1n) is 5.27. The second kappa shape index (κ2) is 4.03. The lowest BCUT2D eigenvalue weighted by Crippen LogP contribution is -2.08. The predicted molar refractivity (Wildman–Crippen MR) is 60.5 cm³/mol. The Morgan fingerprint density at radius 2 is 2.07 bits per heavy atom. The zero-order chi connectivity index (χ0) is 10.8. The molecule has 80 valence electrons. The molecule has 1 N–H and O–H groups in total. The minimum Gasteiger partial charge on any atom is -0.388 e. The van der Waals surface area contributed by atoms with Crippen molar-refractivity contribution >= 4 is 11.0 Å². The molecule has 0 spiro atoms. The quantitative estimate of drug-likeness (QED) is 0.832. The Morgan fingerprint density at radius 1 is 1.33 bits per heavy atom. The number of aliphatic hydroxyl groups is 1. The van der Waals surface area contributed by atoms with Crippen LogP contribution >= 0.6 is 0 Å². The third kappa shape index (κ3) is 1.88. The van der Waals surface area contributed by atoms with Gasteiger partial charge in [-0.2, -0.15) is 0 Å². The molecule has 0 aliphatic carbocycles. The number of para-hydroxylation sites is 2. The molecule has 0 aliphatic heterocycles. The molecule has 0 unspecified atom stereocenters. The number of benzene rings is 1. The van der Waals surface area contributed by atoms with Crippen LogP contribution < -0.4 is 0 Å². The first-order valence-corrected chi connectivity index (χ1v) is 5.27. The molecule has 1 heterocycles. The van der Waals surface area contributed by atoms with Gasteiger partial charge in [-0.3, -0.25) is 0 Å². The van der Waals surface area contributed by atoms with Crippen LogP contribution in [0.1, 0.15) is 19.7 Å². The van der Waals surface area contributed by atoms with Gasteiger partial charge in [0, 0.05) is 6.54 Å². The number of aliphatic hydroxyl groups excluding tert-OH is 1. The smallest absolute Gasteiger partial charge is 0.135 e. The van der Waals surface area contributed by atoms with Gasteiger partial charge in [0.1, 0.15) is 12.4 Å². The maximum absolute atomic E-state index is 9.25. The van der Waals surface area contributed by atoms with Gasteiger partial charge < -0.3 is 9.67 Å². The van der Waals surface area contributed by atoms with Crippen molar-refractivity contribution in [2.24, 2.45) is 5.92 Å². The van der Waals surface area contributed by atoms with Crippen LogP contribution in [0.25, 0.3) is 11.0 Å². The molecule has 0 saturated carbocycles. The summed E-state index contributed by atoms with van der Waals surface area (Å²) in [5, 5.41) is 9.25. The fourth-order valence-corrected chi connectivity index (χ4v) is 1.81. The molecule has 0 bridgehead atoms. The fourth-order valence-electron chi connectivity index (χ4n) is 1.81. The van der Waals surface area contributed by atoms with Crippen LogP contribution in [-0.4, -0.2) is 14.7 Å². The van der Waals surface area contributed by atoms with Crippen LogP contribution in [0, 0.1) is 5.92 Å². The van der Waals surface area contributed by atoms with Gasteiger partial charge >= 0.3 is 0 Å². The highest BCUT2D eigenvalue weighted by atomic mass is 16.3. The van der Waals surface area contributed by atoms with E-state index >= 15 is 0 Å². The van der Waals surface area contributed by atoms with Crippen molar-refractivity contribution in [2.75, 3.05) is 0 Å². The van der Waals surface area contributed by atoms with Crippen LogP contribution in [0.3, 0.4) is 0 Å². The number of imidazole rings is 1. The first kappa shape index (κ1) is 10.2. The van der Waals surface area contributed by atoms with E-state index in [1.54, 1.807) is 0 Å². The maximum atomic E-state index is 9.25. The molecule has 1 aromatic heterocycles. The highest BCUT2D eigenvalue weighted by molar-refractivity contribution is 5.75. The molecule has 3 heteroatoms. The van der Waals surface area contributed by atoms with E-state index in [1.807, 2.05) is 24.3 Å². The van der Waals surface area contributed by atoms with Crippen molar-refractivity contribution in [1.29, 1.82) is 0 Å². The van der Waals surface area contributed by atoms with Gasteiger partial charge in [0.05, 0.1) is 11.0 Å². The Bertz CT molecular complexity index is 460. The first-order chi connectivity index (χ1) is 7.22. The molecular weight excluding hydrogens is 188 g/mol. The number of fused-ring (bicyclic) bond motifs is 1. The van der Waals surface area contributed by atoms with Crippen molar-refractivity contribution in [3.63, 3.8) is 0 Å². The lowest BCUT2D eigenvalue weighted by Gasteiger charge is -2.10. The number of aromatic nitrogens is 2. The topological polar surface area (TPSA) is 38.0 Å². The van der Waals surface area contributed by atoms with E-state index in [-0.39, 0.29) is 6.61 Å². The van der Waals surface area contributed by atoms with Crippen molar-refractivity contribution in [1.82, 2.24) is 9.55 Å². The van der Waals surface area contributed by atoms with E-state index < -0.39 is 0 Å². The monoisotopic (exact) mass is 204 g/mol. The molecule has 0 amide bonds. The third-order valence-corrected chi connectivity index (χ3v) is 2.42. The van der Waals surface area contributed by atoms with Crippen LogP contribution in [0.4, 0.5) is 0 Å². The number of hydrogen-bond donors (Lipinski definition) is 1. The van der Waals surface area contributed by atoms with E-state index in [0.717, 1.165) is 23.4 Å². The van der Waals surface area contributed by atoms with Gasteiger partial charge in [0.2, 0.25) is 0 Å². The SMILES string of the molecule is CC(C)Cn1c(CO)nc2ccccc21. The molecule has 15 heavy (non-hydrogen) atoms. The lowest BCUT2D eigenvalue weighted by molar-refractivity contribution is 0.263. The summed E-state index contributed by atoms with van der Waals surface area (Å²) >= 11 is 0. The van der Waals surface area contributed by atoms with Gasteiger partial charge in [0.15, 0.2) is 0 Å². The van der Waals surface area contributed by atoms with Crippen LogP contribution in [0.15, 0.2) is 24.3 Å². The number of rotatable bonds is 3. The molecule has 0 aliphatic rings. The Balaban J connectivity index is 2.56. The largest absolute Gasteiger partial charge is 0.388 e. The standard InChI is InChI=1S/C12H16N2O/c1-9(2)7-14-11-6-4-3-5-10(11)13-12(14)8-15/h3-6,9,15H,7-8H2,1-2H3. The van der Waals surface area contributed by atoms with Crippen molar-refractivity contribution in [2.45, 2.75) is 27.0 Å². The summed E-state index contributed by atoms with van der Waals surface area (Å²) in [5.41, 5.74) is 2.07. The van der Waals surface area contributed by atoms with Crippen LogP contribution in [0.2, 0.25) is 0 Å². The Hall–Kier alpha value is -1.35. The lowest BCUT2D eigenvalue weighted by atomic mass is 10.2. The minimum absolute atomic E-state index is 0.00139. The second-order valence-corrected chi connectivity index (χ2v) is 4.18. The van der Waals surface area contributed by atoms with Gasteiger partial charge in [-0.1, -0.05) is 26.0 Å². The summed E-state index contributed by atoms with van der Waals surface area (Å²) in [6.45, 7) is 5.23. The predicted octanol–water partition coefficient (Wildman–Crippen LogP) is 2.18. The highest BCUT2D eigenvalue weighted by Gasteiger charge is 2.09. The van der Waals surface area contributed by atoms with E-state index in [4.69, 9.17) is 0 Å². The van der Waals surface area contributed by atoms with E-state index in [9.17, 15) is 5.11 Å². The van der Waals surface area contributed by atoms with Gasteiger partial charge in [-0.05, 0) is 18.1 Å². The van der Waals surface area contributed by atoms with E-state index in [1.165, 1.54) is 0 Å². The summed E-state index contributed by atoms with van der Waals surface area (Å²) < 4.78 is 2.10. The summed E-state index contributed by atoms with van der Waals surface area (Å²) in [5.74, 6) is 1.30. The average Bonchev–Trinajstić information content (AvgIpc) is 2.56. The van der Waals surface area contributed by atoms with Crippen molar-refractivity contribution in [3.05, 3.63) is 30.1 Å². The van der Waals surface area contributed by atoms with Gasteiger partial charge in [-0.15, -0.1) is 0 Å². The average molecular weight is 204 g/mol. The molecule has 2 rings (SSSR count).